The Kier molecular flexibility index (Phi) is 4.80. The molecular weight excluding hydrogens is 391 g/mol. The summed E-state index contributed by atoms with van der Waals surface area (Å²) in [5.74, 6) is 0.702. The Morgan fingerprint density at radius 1 is 1.30 bits per heavy atom. The van der Waals surface area contributed by atoms with Gasteiger partial charge in [-0.05, 0) is 43.2 Å². The van der Waals surface area contributed by atoms with Crippen LogP contribution in [0.25, 0.3) is 11.6 Å². The Morgan fingerprint density at radius 2 is 2.11 bits per heavy atom. The van der Waals surface area contributed by atoms with E-state index < -0.39 is 0 Å². The second kappa shape index (κ2) is 7.25. The number of nitrogens with zero attached hydrogens (tertiary/aromatic N) is 3. The summed E-state index contributed by atoms with van der Waals surface area (Å²) in [6.45, 7) is 0.455. The summed E-state index contributed by atoms with van der Waals surface area (Å²) in [6, 6.07) is 8.37. The SMILES string of the molecule is O=C(NCCn1nc(-c2ccco2)n(C2CC2)c1=O)c1cc(Cl)ccc1Cl. The molecular formula is C18H16Cl2N4O3. The van der Waals surface area contributed by atoms with Crippen molar-refractivity contribution in [2.24, 2.45) is 0 Å². The average molecular weight is 407 g/mol. The minimum absolute atomic E-state index is 0.159. The van der Waals surface area contributed by atoms with Gasteiger partial charge in [-0.2, -0.15) is 0 Å². The topological polar surface area (TPSA) is 82.1 Å². The molecule has 2 aromatic heterocycles. The van der Waals surface area contributed by atoms with E-state index >= 15 is 0 Å². The Morgan fingerprint density at radius 3 is 2.81 bits per heavy atom. The van der Waals surface area contributed by atoms with Crippen molar-refractivity contribution in [3.05, 3.63) is 62.7 Å². The largest absolute Gasteiger partial charge is 0.461 e. The first-order valence-electron chi connectivity index (χ1n) is 8.51. The molecule has 9 heteroatoms. The minimum Gasteiger partial charge on any atom is -0.461 e. The molecule has 1 aliphatic carbocycles. The number of benzene rings is 1. The van der Waals surface area contributed by atoms with Gasteiger partial charge >= 0.3 is 5.69 Å². The highest BCUT2D eigenvalue weighted by molar-refractivity contribution is 6.35. The van der Waals surface area contributed by atoms with Gasteiger partial charge in [-0.25, -0.2) is 9.48 Å². The van der Waals surface area contributed by atoms with Gasteiger partial charge in [0.1, 0.15) is 0 Å². The third-order valence-corrected chi connectivity index (χ3v) is 4.87. The van der Waals surface area contributed by atoms with Gasteiger partial charge in [0.25, 0.3) is 5.91 Å². The van der Waals surface area contributed by atoms with Crippen LogP contribution in [0.2, 0.25) is 10.0 Å². The zero-order valence-corrected chi connectivity index (χ0v) is 15.7. The molecule has 1 saturated carbocycles. The molecule has 0 radical (unpaired) electrons. The van der Waals surface area contributed by atoms with E-state index in [-0.39, 0.29) is 36.3 Å². The van der Waals surface area contributed by atoms with Crippen molar-refractivity contribution in [1.82, 2.24) is 19.7 Å². The molecule has 1 fully saturated rings. The lowest BCUT2D eigenvalue weighted by molar-refractivity contribution is 0.0952. The number of carbonyl (C=O) groups is 1. The summed E-state index contributed by atoms with van der Waals surface area (Å²) >= 11 is 11.9. The minimum atomic E-state index is -0.358. The summed E-state index contributed by atoms with van der Waals surface area (Å²) in [5.41, 5.74) is 0.0789. The number of carbonyl (C=O) groups excluding carboxylic acids is 1. The third-order valence-electron chi connectivity index (χ3n) is 4.31. The molecule has 7 nitrogen and oxygen atoms in total. The summed E-state index contributed by atoms with van der Waals surface area (Å²) in [4.78, 5) is 25.0. The van der Waals surface area contributed by atoms with E-state index in [1.807, 2.05) is 0 Å². The van der Waals surface area contributed by atoms with Crippen molar-refractivity contribution in [1.29, 1.82) is 0 Å². The first-order chi connectivity index (χ1) is 13.0. The molecule has 3 aromatic rings. The van der Waals surface area contributed by atoms with E-state index in [0.717, 1.165) is 12.8 Å². The molecule has 0 aliphatic heterocycles. The third kappa shape index (κ3) is 3.65. The Balaban J connectivity index is 1.49. The zero-order valence-electron chi connectivity index (χ0n) is 14.2. The van der Waals surface area contributed by atoms with Crippen LogP contribution < -0.4 is 11.0 Å². The molecule has 27 heavy (non-hydrogen) atoms. The molecule has 1 amide bonds. The Bertz CT molecular complexity index is 1040. The number of hydrogen-bond donors (Lipinski definition) is 1. The maximum absolute atomic E-state index is 12.7. The second-order valence-corrected chi connectivity index (χ2v) is 7.13. The lowest BCUT2D eigenvalue weighted by Crippen LogP contribution is -2.32. The highest BCUT2D eigenvalue weighted by Crippen LogP contribution is 2.36. The normalized spacial score (nSPS) is 13.7. The molecule has 1 aliphatic rings. The van der Waals surface area contributed by atoms with E-state index in [2.05, 4.69) is 10.4 Å². The number of hydrogen-bond acceptors (Lipinski definition) is 4. The van der Waals surface area contributed by atoms with Crippen molar-refractivity contribution in [2.75, 3.05) is 6.54 Å². The van der Waals surface area contributed by atoms with Crippen LogP contribution in [0.4, 0.5) is 0 Å². The first kappa shape index (κ1) is 17.9. The Labute approximate surface area is 164 Å². The van der Waals surface area contributed by atoms with Gasteiger partial charge in [0, 0.05) is 17.6 Å². The van der Waals surface area contributed by atoms with Gasteiger partial charge in [0.05, 0.1) is 23.4 Å². The highest BCUT2D eigenvalue weighted by Gasteiger charge is 2.31. The number of nitrogens with one attached hydrogen (secondary N) is 1. The van der Waals surface area contributed by atoms with Crippen molar-refractivity contribution < 1.29 is 9.21 Å². The van der Waals surface area contributed by atoms with Crippen molar-refractivity contribution in [3.8, 4) is 11.6 Å². The maximum Gasteiger partial charge on any atom is 0.346 e. The van der Waals surface area contributed by atoms with E-state index in [4.69, 9.17) is 27.6 Å². The predicted molar refractivity (Wildman–Crippen MR) is 101 cm³/mol. The standard InChI is InChI=1S/C18H16Cl2N4O3/c19-11-3-6-14(20)13(10-11)17(25)21-7-8-23-18(26)24(12-4-5-12)16(22-23)15-2-1-9-27-15/h1-3,6,9-10,12H,4-5,7-8H2,(H,21,25). The molecule has 0 bridgehead atoms. The van der Waals surface area contributed by atoms with Crippen LogP contribution >= 0.6 is 23.2 Å². The average Bonchev–Trinajstić information content (AvgIpc) is 3.22. The fraction of sp³-hybridized carbons (Fsp3) is 0.278. The van der Waals surface area contributed by atoms with Gasteiger partial charge in [-0.15, -0.1) is 5.10 Å². The molecule has 2 heterocycles. The Hall–Kier alpha value is -2.51. The number of halogens is 2. The molecule has 140 valence electrons. The summed E-state index contributed by atoms with van der Waals surface area (Å²) in [7, 11) is 0. The van der Waals surface area contributed by atoms with Crippen LogP contribution in [0.15, 0.2) is 45.8 Å². The predicted octanol–water partition coefficient (Wildman–Crippen LogP) is 3.38. The van der Waals surface area contributed by atoms with Crippen molar-refractivity contribution in [3.63, 3.8) is 0 Å². The zero-order chi connectivity index (χ0) is 19.0. The van der Waals surface area contributed by atoms with Gasteiger partial charge in [-0.3, -0.25) is 9.36 Å². The summed E-state index contributed by atoms with van der Waals surface area (Å²) in [6.07, 6.45) is 3.44. The van der Waals surface area contributed by atoms with Crippen LogP contribution in [0, 0.1) is 0 Å². The highest BCUT2D eigenvalue weighted by atomic mass is 35.5. The van der Waals surface area contributed by atoms with E-state index in [1.54, 1.807) is 35.1 Å². The molecule has 1 N–H and O–H groups in total. The summed E-state index contributed by atoms with van der Waals surface area (Å²) in [5, 5.41) is 7.86. The molecule has 0 unspecified atom stereocenters. The van der Waals surface area contributed by atoms with E-state index in [0.29, 0.717) is 21.6 Å². The van der Waals surface area contributed by atoms with E-state index in [9.17, 15) is 9.59 Å². The van der Waals surface area contributed by atoms with Crippen molar-refractivity contribution >= 4 is 29.1 Å². The van der Waals surface area contributed by atoms with Gasteiger partial charge in [0.2, 0.25) is 5.82 Å². The number of aromatic nitrogens is 3. The van der Waals surface area contributed by atoms with E-state index in [1.165, 1.54) is 10.7 Å². The number of amides is 1. The smallest absolute Gasteiger partial charge is 0.346 e. The second-order valence-electron chi connectivity index (χ2n) is 6.29. The van der Waals surface area contributed by atoms with Crippen LogP contribution in [-0.4, -0.2) is 26.8 Å². The maximum atomic E-state index is 12.7. The van der Waals surface area contributed by atoms with Gasteiger partial charge in [0.15, 0.2) is 5.76 Å². The fourth-order valence-electron chi connectivity index (χ4n) is 2.84. The lowest BCUT2D eigenvalue weighted by Gasteiger charge is -2.07. The van der Waals surface area contributed by atoms with Crippen molar-refractivity contribution in [2.45, 2.75) is 25.4 Å². The molecule has 0 spiro atoms. The summed E-state index contributed by atoms with van der Waals surface area (Å²) < 4.78 is 8.40. The van der Waals surface area contributed by atoms with Crippen LogP contribution in [0.3, 0.4) is 0 Å². The number of rotatable bonds is 6. The molecule has 1 aromatic carbocycles. The molecule has 0 saturated heterocycles. The van der Waals surface area contributed by atoms with Crippen LogP contribution in [0.5, 0.6) is 0 Å². The number of furan rings is 1. The molecule has 0 atom stereocenters. The first-order valence-corrected chi connectivity index (χ1v) is 9.26. The lowest BCUT2D eigenvalue weighted by atomic mass is 10.2. The van der Waals surface area contributed by atoms with Crippen LogP contribution in [-0.2, 0) is 6.54 Å². The van der Waals surface area contributed by atoms with Crippen LogP contribution in [0.1, 0.15) is 29.2 Å². The van der Waals surface area contributed by atoms with Gasteiger partial charge < -0.3 is 9.73 Å². The van der Waals surface area contributed by atoms with Gasteiger partial charge in [-0.1, -0.05) is 23.2 Å². The fourth-order valence-corrected chi connectivity index (χ4v) is 3.22. The quantitative estimate of drug-likeness (QED) is 0.679. The molecule has 4 rings (SSSR count). The monoisotopic (exact) mass is 406 g/mol.